The van der Waals surface area contributed by atoms with Crippen LogP contribution in [-0.2, 0) is 21.9 Å². The lowest BCUT2D eigenvalue weighted by Gasteiger charge is -2.12. The van der Waals surface area contributed by atoms with Gasteiger partial charge in [0.05, 0.1) is 0 Å². The molecule has 0 aromatic carbocycles. The average Bonchev–Trinajstić information content (AvgIpc) is 2.59. The third kappa shape index (κ3) is 3.47. The van der Waals surface area contributed by atoms with Gasteiger partial charge in [0.2, 0.25) is 0 Å². The molecule has 1 atom stereocenters. The van der Waals surface area contributed by atoms with Crippen LogP contribution in [0.2, 0.25) is 0 Å². The first-order chi connectivity index (χ1) is 8.27. The molecule has 0 spiro atoms. The topological polar surface area (TPSA) is 101 Å². The summed E-state index contributed by atoms with van der Waals surface area (Å²) < 4.78 is 27.5. The molecule has 1 aromatic heterocycles. The number of aromatic nitrogens is 2. The van der Waals surface area contributed by atoms with Crippen molar-refractivity contribution in [2.45, 2.75) is 24.4 Å². The Balaban J connectivity index is 2.96. The van der Waals surface area contributed by atoms with Crippen LogP contribution in [0.5, 0.6) is 0 Å². The highest BCUT2D eigenvalue weighted by Gasteiger charge is 2.26. The van der Waals surface area contributed by atoms with Crippen LogP contribution in [0, 0.1) is 6.92 Å². The number of imidazole rings is 1. The fourth-order valence-electron chi connectivity index (χ4n) is 1.27. The highest BCUT2D eigenvalue weighted by Crippen LogP contribution is 2.09. The standard InChI is InChI=1S/C9H15N3O4S2/c1-6-10-8(5-12(6)2)18(15,16)11-7(3-4-17)9(13)14/h5,7,11,17H,3-4H2,1-2H3,(H,13,14). The van der Waals surface area contributed by atoms with E-state index in [2.05, 4.69) is 22.3 Å². The Morgan fingerprint density at radius 1 is 1.67 bits per heavy atom. The summed E-state index contributed by atoms with van der Waals surface area (Å²) >= 11 is 3.89. The number of nitrogens with one attached hydrogen (secondary N) is 1. The molecule has 0 saturated carbocycles. The zero-order valence-electron chi connectivity index (χ0n) is 9.99. The lowest BCUT2D eigenvalue weighted by Crippen LogP contribution is -2.41. The summed E-state index contributed by atoms with van der Waals surface area (Å²) in [5, 5.41) is 8.70. The molecule has 1 aromatic rings. The van der Waals surface area contributed by atoms with Crippen molar-refractivity contribution >= 4 is 28.6 Å². The second-order valence-corrected chi connectivity index (χ2v) is 5.87. The molecule has 0 fully saturated rings. The molecule has 102 valence electrons. The quantitative estimate of drug-likeness (QED) is 0.629. The number of aliphatic carboxylic acids is 1. The summed E-state index contributed by atoms with van der Waals surface area (Å²) in [5.74, 6) is -0.447. The lowest BCUT2D eigenvalue weighted by molar-refractivity contribution is -0.139. The van der Waals surface area contributed by atoms with Gasteiger partial charge in [-0.25, -0.2) is 13.4 Å². The van der Waals surface area contributed by atoms with Crippen molar-refractivity contribution in [1.82, 2.24) is 14.3 Å². The van der Waals surface area contributed by atoms with Crippen LogP contribution in [0.15, 0.2) is 11.2 Å². The van der Waals surface area contributed by atoms with Gasteiger partial charge in [-0.2, -0.15) is 17.4 Å². The third-order valence-corrected chi connectivity index (χ3v) is 3.98. The van der Waals surface area contributed by atoms with Gasteiger partial charge in [-0.1, -0.05) is 0 Å². The second-order valence-electron chi connectivity index (χ2n) is 3.76. The van der Waals surface area contributed by atoms with Crippen molar-refractivity contribution < 1.29 is 18.3 Å². The number of thiol groups is 1. The summed E-state index contributed by atoms with van der Waals surface area (Å²) in [5.41, 5.74) is 0. The summed E-state index contributed by atoms with van der Waals surface area (Å²) in [6, 6.07) is -1.20. The number of carbonyl (C=O) groups is 1. The molecule has 9 heteroatoms. The number of carboxylic acids is 1. The van der Waals surface area contributed by atoms with Gasteiger partial charge >= 0.3 is 5.97 Å². The first kappa shape index (κ1) is 15.0. The molecule has 18 heavy (non-hydrogen) atoms. The minimum absolute atomic E-state index is 0.101. The largest absolute Gasteiger partial charge is 0.480 e. The van der Waals surface area contributed by atoms with E-state index in [0.717, 1.165) is 0 Å². The Morgan fingerprint density at radius 3 is 2.67 bits per heavy atom. The molecular formula is C9H15N3O4S2. The third-order valence-electron chi connectivity index (χ3n) is 2.38. The number of aryl methyl sites for hydroxylation is 2. The maximum atomic E-state index is 11.9. The van der Waals surface area contributed by atoms with Crippen molar-refractivity contribution in [1.29, 1.82) is 0 Å². The number of hydrogen-bond donors (Lipinski definition) is 3. The second kappa shape index (κ2) is 5.72. The van der Waals surface area contributed by atoms with Gasteiger partial charge in [0.1, 0.15) is 11.9 Å². The van der Waals surface area contributed by atoms with Crippen LogP contribution in [0.3, 0.4) is 0 Å². The minimum atomic E-state index is -3.93. The molecule has 1 rings (SSSR count). The van der Waals surface area contributed by atoms with E-state index in [0.29, 0.717) is 5.82 Å². The van der Waals surface area contributed by atoms with E-state index in [4.69, 9.17) is 5.11 Å². The Morgan fingerprint density at radius 2 is 2.28 bits per heavy atom. The van der Waals surface area contributed by atoms with E-state index >= 15 is 0 Å². The van der Waals surface area contributed by atoms with Crippen LogP contribution >= 0.6 is 12.6 Å². The Labute approximate surface area is 111 Å². The van der Waals surface area contributed by atoms with Gasteiger partial charge < -0.3 is 9.67 Å². The molecule has 1 heterocycles. The van der Waals surface area contributed by atoms with Gasteiger partial charge in [-0.3, -0.25) is 4.79 Å². The predicted molar refractivity (Wildman–Crippen MR) is 68.2 cm³/mol. The van der Waals surface area contributed by atoms with E-state index in [1.807, 2.05) is 0 Å². The van der Waals surface area contributed by atoms with Gasteiger partial charge in [0, 0.05) is 13.2 Å². The van der Waals surface area contributed by atoms with E-state index in [1.54, 1.807) is 18.5 Å². The minimum Gasteiger partial charge on any atom is -0.480 e. The highest BCUT2D eigenvalue weighted by molar-refractivity contribution is 7.89. The Bertz CT molecular complexity index is 519. The molecular weight excluding hydrogens is 278 g/mol. The monoisotopic (exact) mass is 293 g/mol. The number of carboxylic acid groups (broad SMARTS) is 1. The van der Waals surface area contributed by atoms with E-state index < -0.39 is 22.0 Å². The van der Waals surface area contributed by atoms with E-state index in [1.165, 1.54) is 6.20 Å². The number of hydrogen-bond acceptors (Lipinski definition) is 5. The SMILES string of the molecule is Cc1nc(S(=O)(=O)NC(CCS)C(=O)O)cn1C. The van der Waals surface area contributed by atoms with Crippen molar-refractivity contribution in [2.75, 3.05) is 5.75 Å². The molecule has 0 bridgehead atoms. The molecule has 0 amide bonds. The van der Waals surface area contributed by atoms with Crippen LogP contribution < -0.4 is 4.72 Å². The highest BCUT2D eigenvalue weighted by atomic mass is 32.2. The first-order valence-corrected chi connectivity index (χ1v) is 7.25. The fraction of sp³-hybridized carbons (Fsp3) is 0.556. The average molecular weight is 293 g/mol. The molecule has 0 aliphatic heterocycles. The number of nitrogens with zero attached hydrogens (tertiary/aromatic N) is 2. The molecule has 2 N–H and O–H groups in total. The molecule has 0 radical (unpaired) electrons. The lowest BCUT2D eigenvalue weighted by atomic mass is 10.2. The summed E-state index contributed by atoms with van der Waals surface area (Å²) in [7, 11) is -2.27. The van der Waals surface area contributed by atoms with Crippen LogP contribution in [0.1, 0.15) is 12.2 Å². The normalized spacial score (nSPS) is 13.5. The maximum Gasteiger partial charge on any atom is 0.321 e. The summed E-state index contributed by atoms with van der Waals surface area (Å²) in [6.07, 6.45) is 1.43. The van der Waals surface area contributed by atoms with Crippen molar-refractivity contribution in [3.05, 3.63) is 12.0 Å². The first-order valence-electron chi connectivity index (χ1n) is 5.14. The molecule has 0 aliphatic rings. The summed E-state index contributed by atoms with van der Waals surface area (Å²) in [6.45, 7) is 1.65. The zero-order valence-corrected chi connectivity index (χ0v) is 11.7. The van der Waals surface area contributed by atoms with Gasteiger partial charge in [-0.05, 0) is 19.1 Å². The summed E-state index contributed by atoms with van der Waals surface area (Å²) in [4.78, 5) is 14.7. The Kier molecular flexibility index (Phi) is 4.77. The number of sulfonamides is 1. The molecule has 0 aliphatic carbocycles. The molecule has 1 unspecified atom stereocenters. The predicted octanol–water partition coefficient (Wildman–Crippen LogP) is -0.220. The zero-order chi connectivity index (χ0) is 13.9. The van der Waals surface area contributed by atoms with E-state index in [9.17, 15) is 13.2 Å². The fourth-order valence-corrected chi connectivity index (χ4v) is 2.79. The Hall–Kier alpha value is -1.06. The van der Waals surface area contributed by atoms with E-state index in [-0.39, 0.29) is 17.2 Å². The van der Waals surface area contributed by atoms with Crippen LogP contribution in [0.4, 0.5) is 0 Å². The van der Waals surface area contributed by atoms with Crippen molar-refractivity contribution in [3.8, 4) is 0 Å². The molecule has 7 nitrogen and oxygen atoms in total. The van der Waals surface area contributed by atoms with Crippen LogP contribution in [0.25, 0.3) is 0 Å². The van der Waals surface area contributed by atoms with Gasteiger partial charge in [0.25, 0.3) is 10.0 Å². The van der Waals surface area contributed by atoms with Gasteiger partial charge in [-0.15, -0.1) is 0 Å². The smallest absolute Gasteiger partial charge is 0.321 e. The van der Waals surface area contributed by atoms with Crippen molar-refractivity contribution in [2.24, 2.45) is 7.05 Å². The van der Waals surface area contributed by atoms with Gasteiger partial charge in [0.15, 0.2) is 5.03 Å². The van der Waals surface area contributed by atoms with Crippen LogP contribution in [-0.4, -0.2) is 40.8 Å². The number of rotatable bonds is 6. The van der Waals surface area contributed by atoms with Crippen molar-refractivity contribution in [3.63, 3.8) is 0 Å². The maximum absolute atomic E-state index is 11.9. The molecule has 0 saturated heterocycles.